The standard InChI is InChI=1S/C14H13N5O2/c15-8-11(9-16)10-17-13-7-12(18-5-1-2-6-18)3-4-14(13)19(20)21/h3-4,7,10,17H,1-2,5-6H2. The topological polar surface area (TPSA) is 106 Å². The Bertz CT molecular complexity index is 647. The van der Waals surface area contributed by atoms with Gasteiger partial charge in [0, 0.05) is 31.0 Å². The van der Waals surface area contributed by atoms with E-state index in [0.717, 1.165) is 31.6 Å². The van der Waals surface area contributed by atoms with Crippen LogP contribution in [0.3, 0.4) is 0 Å². The van der Waals surface area contributed by atoms with Gasteiger partial charge in [0.2, 0.25) is 0 Å². The summed E-state index contributed by atoms with van der Waals surface area (Å²) in [5.74, 6) is 0. The van der Waals surface area contributed by atoms with Crippen molar-refractivity contribution in [2.75, 3.05) is 23.3 Å². The highest BCUT2D eigenvalue weighted by Crippen LogP contribution is 2.31. The molecule has 1 heterocycles. The fourth-order valence-electron chi connectivity index (χ4n) is 2.21. The Labute approximate surface area is 121 Å². The van der Waals surface area contributed by atoms with E-state index in [4.69, 9.17) is 10.5 Å². The van der Waals surface area contributed by atoms with Crippen LogP contribution in [0, 0.1) is 32.8 Å². The number of allylic oxidation sites excluding steroid dienone is 1. The Morgan fingerprint density at radius 1 is 1.33 bits per heavy atom. The van der Waals surface area contributed by atoms with Gasteiger partial charge in [-0.15, -0.1) is 0 Å². The van der Waals surface area contributed by atoms with Crippen LogP contribution in [0.1, 0.15) is 12.8 Å². The highest BCUT2D eigenvalue weighted by Gasteiger charge is 2.18. The Balaban J connectivity index is 2.33. The van der Waals surface area contributed by atoms with Gasteiger partial charge in [0.25, 0.3) is 5.69 Å². The molecule has 7 nitrogen and oxygen atoms in total. The number of benzene rings is 1. The molecule has 106 valence electrons. The summed E-state index contributed by atoms with van der Waals surface area (Å²) in [4.78, 5) is 12.7. The van der Waals surface area contributed by atoms with Crippen molar-refractivity contribution in [1.82, 2.24) is 0 Å². The quantitative estimate of drug-likeness (QED) is 0.517. The predicted octanol–water partition coefficient (Wildman–Crippen LogP) is 2.54. The number of rotatable bonds is 4. The summed E-state index contributed by atoms with van der Waals surface area (Å²) in [7, 11) is 0. The summed E-state index contributed by atoms with van der Waals surface area (Å²) in [6, 6.07) is 8.22. The minimum atomic E-state index is -0.498. The molecule has 7 heteroatoms. The van der Waals surface area contributed by atoms with Crippen molar-refractivity contribution >= 4 is 17.1 Å². The zero-order valence-corrected chi connectivity index (χ0v) is 11.2. The third-order valence-electron chi connectivity index (χ3n) is 3.26. The molecule has 0 aromatic heterocycles. The molecule has 1 N–H and O–H groups in total. The average molecular weight is 283 g/mol. The van der Waals surface area contributed by atoms with Crippen molar-refractivity contribution in [3.63, 3.8) is 0 Å². The molecule has 2 rings (SSSR count). The number of hydrogen-bond donors (Lipinski definition) is 1. The van der Waals surface area contributed by atoms with E-state index in [1.807, 2.05) is 0 Å². The van der Waals surface area contributed by atoms with Crippen LogP contribution in [-0.4, -0.2) is 18.0 Å². The van der Waals surface area contributed by atoms with Crippen LogP contribution >= 0.6 is 0 Å². The normalized spacial score (nSPS) is 13.1. The average Bonchev–Trinajstić information content (AvgIpc) is 3.02. The minimum absolute atomic E-state index is 0.0931. The summed E-state index contributed by atoms with van der Waals surface area (Å²) in [6.07, 6.45) is 3.38. The number of nitro benzene ring substituents is 1. The maximum Gasteiger partial charge on any atom is 0.292 e. The minimum Gasteiger partial charge on any atom is -0.371 e. The van der Waals surface area contributed by atoms with Gasteiger partial charge in [0.1, 0.15) is 23.4 Å². The van der Waals surface area contributed by atoms with Crippen LogP contribution in [0.15, 0.2) is 30.0 Å². The van der Waals surface area contributed by atoms with Crippen molar-refractivity contribution in [2.24, 2.45) is 0 Å². The Morgan fingerprint density at radius 3 is 2.57 bits per heavy atom. The Morgan fingerprint density at radius 2 is 2.00 bits per heavy atom. The first-order valence-corrected chi connectivity index (χ1v) is 6.46. The molecular weight excluding hydrogens is 270 g/mol. The van der Waals surface area contributed by atoms with Crippen LogP contribution in [0.4, 0.5) is 17.1 Å². The number of nitriles is 2. The van der Waals surface area contributed by atoms with Crippen molar-refractivity contribution < 1.29 is 4.92 Å². The monoisotopic (exact) mass is 283 g/mol. The SMILES string of the molecule is N#CC(C#N)=CNc1cc(N2CCCC2)ccc1[N+](=O)[O-]. The number of nitrogens with zero attached hydrogens (tertiary/aromatic N) is 4. The molecule has 1 aromatic rings. The number of nitro groups is 1. The number of nitrogens with one attached hydrogen (secondary N) is 1. The highest BCUT2D eigenvalue weighted by atomic mass is 16.6. The first-order chi connectivity index (χ1) is 10.2. The first-order valence-electron chi connectivity index (χ1n) is 6.46. The Hall–Kier alpha value is -3.06. The lowest BCUT2D eigenvalue weighted by molar-refractivity contribution is -0.383. The second kappa shape index (κ2) is 6.40. The molecule has 0 radical (unpaired) electrons. The van der Waals surface area contributed by atoms with Gasteiger partial charge in [-0.25, -0.2) is 0 Å². The van der Waals surface area contributed by atoms with E-state index < -0.39 is 4.92 Å². The lowest BCUT2D eigenvalue weighted by Crippen LogP contribution is -2.17. The summed E-state index contributed by atoms with van der Waals surface area (Å²) < 4.78 is 0. The van der Waals surface area contributed by atoms with Crippen molar-refractivity contribution in [2.45, 2.75) is 12.8 Å². The maximum absolute atomic E-state index is 11.0. The van der Waals surface area contributed by atoms with Gasteiger partial charge in [-0.3, -0.25) is 10.1 Å². The van der Waals surface area contributed by atoms with Gasteiger partial charge in [-0.2, -0.15) is 10.5 Å². The summed E-state index contributed by atoms with van der Waals surface area (Å²) in [5.41, 5.74) is 0.928. The van der Waals surface area contributed by atoms with E-state index in [0.29, 0.717) is 0 Å². The van der Waals surface area contributed by atoms with Gasteiger partial charge in [0.15, 0.2) is 0 Å². The van der Waals surface area contributed by atoms with Gasteiger partial charge in [-0.1, -0.05) is 0 Å². The van der Waals surface area contributed by atoms with Gasteiger partial charge >= 0.3 is 0 Å². The second-order valence-corrected chi connectivity index (χ2v) is 4.58. The van der Waals surface area contributed by atoms with Crippen LogP contribution in [-0.2, 0) is 0 Å². The van der Waals surface area contributed by atoms with Crippen LogP contribution in [0.5, 0.6) is 0 Å². The molecule has 1 aromatic carbocycles. The van der Waals surface area contributed by atoms with Crippen molar-refractivity contribution in [1.29, 1.82) is 10.5 Å². The summed E-state index contributed by atoms with van der Waals surface area (Å²) in [5, 5.41) is 31.1. The first kappa shape index (κ1) is 14.4. The number of hydrogen-bond acceptors (Lipinski definition) is 6. The van der Waals surface area contributed by atoms with Crippen LogP contribution < -0.4 is 10.2 Å². The molecule has 1 fully saturated rings. The lowest BCUT2D eigenvalue weighted by Gasteiger charge is -2.18. The molecule has 0 atom stereocenters. The zero-order valence-electron chi connectivity index (χ0n) is 11.2. The van der Waals surface area contributed by atoms with E-state index in [2.05, 4.69) is 10.2 Å². The zero-order chi connectivity index (χ0) is 15.2. The summed E-state index contributed by atoms with van der Waals surface area (Å²) >= 11 is 0. The van der Waals surface area contributed by atoms with Crippen LogP contribution in [0.25, 0.3) is 0 Å². The molecule has 1 saturated heterocycles. The molecule has 0 spiro atoms. The van der Waals surface area contributed by atoms with Gasteiger partial charge < -0.3 is 10.2 Å². The van der Waals surface area contributed by atoms with E-state index in [-0.39, 0.29) is 16.9 Å². The Kier molecular flexibility index (Phi) is 4.37. The molecule has 0 unspecified atom stereocenters. The molecule has 0 bridgehead atoms. The molecule has 0 amide bonds. The van der Waals surface area contributed by atoms with Crippen molar-refractivity contribution in [3.05, 3.63) is 40.1 Å². The van der Waals surface area contributed by atoms with Crippen molar-refractivity contribution in [3.8, 4) is 12.1 Å². The van der Waals surface area contributed by atoms with E-state index >= 15 is 0 Å². The molecule has 1 aliphatic heterocycles. The van der Waals surface area contributed by atoms with Gasteiger partial charge in [-0.05, 0) is 25.0 Å². The third-order valence-corrected chi connectivity index (χ3v) is 3.26. The summed E-state index contributed by atoms with van der Waals surface area (Å²) in [6.45, 7) is 1.85. The fraction of sp³-hybridized carbons (Fsp3) is 0.286. The molecule has 0 saturated carbocycles. The smallest absolute Gasteiger partial charge is 0.292 e. The molecule has 21 heavy (non-hydrogen) atoms. The lowest BCUT2D eigenvalue weighted by atomic mass is 10.2. The maximum atomic E-state index is 11.0. The fourth-order valence-corrected chi connectivity index (χ4v) is 2.21. The van der Waals surface area contributed by atoms with Crippen LogP contribution in [0.2, 0.25) is 0 Å². The third kappa shape index (κ3) is 3.28. The highest BCUT2D eigenvalue weighted by molar-refractivity contribution is 5.70. The largest absolute Gasteiger partial charge is 0.371 e. The molecule has 0 aliphatic carbocycles. The van der Waals surface area contributed by atoms with E-state index in [9.17, 15) is 10.1 Å². The molecular formula is C14H13N5O2. The predicted molar refractivity (Wildman–Crippen MR) is 77.5 cm³/mol. The number of anilines is 2. The van der Waals surface area contributed by atoms with E-state index in [1.54, 1.807) is 24.3 Å². The van der Waals surface area contributed by atoms with E-state index in [1.165, 1.54) is 12.3 Å². The molecule has 1 aliphatic rings. The second-order valence-electron chi connectivity index (χ2n) is 4.58. The van der Waals surface area contributed by atoms with Gasteiger partial charge in [0.05, 0.1) is 4.92 Å².